The fraction of sp³-hybridized carbons (Fsp3) is 0.333. The van der Waals surface area contributed by atoms with Gasteiger partial charge in [-0.1, -0.05) is 6.92 Å². The minimum atomic E-state index is 0.711. The van der Waals surface area contributed by atoms with Crippen molar-refractivity contribution in [2.45, 2.75) is 20.3 Å². The Morgan fingerprint density at radius 1 is 1.54 bits per heavy atom. The molecule has 0 aliphatic heterocycles. The topological polar surface area (TPSA) is 54.7 Å². The monoisotopic (exact) mass is 177 g/mol. The summed E-state index contributed by atoms with van der Waals surface area (Å²) >= 11 is 0. The zero-order valence-corrected chi connectivity index (χ0v) is 7.66. The molecule has 0 bridgehead atoms. The molecule has 2 aromatic rings. The molecule has 0 unspecified atom stereocenters. The Labute approximate surface area is 76.0 Å². The van der Waals surface area contributed by atoms with Gasteiger partial charge in [-0.15, -0.1) is 0 Å². The number of aryl methyl sites for hydroxylation is 2. The molecule has 2 heterocycles. The molecule has 0 fully saturated rings. The molecule has 0 amide bonds. The van der Waals surface area contributed by atoms with Gasteiger partial charge in [0.15, 0.2) is 5.82 Å². The highest BCUT2D eigenvalue weighted by Crippen LogP contribution is 2.19. The van der Waals surface area contributed by atoms with Crippen molar-refractivity contribution in [1.29, 1.82) is 0 Å². The second-order valence-corrected chi connectivity index (χ2v) is 2.85. The molecule has 1 N–H and O–H groups in total. The van der Waals surface area contributed by atoms with Crippen LogP contribution in [0.1, 0.15) is 18.5 Å². The van der Waals surface area contributed by atoms with Crippen molar-refractivity contribution < 1.29 is 4.42 Å². The standard InChI is InChI=1S/C9H11N3O/c1-3-8-10-9(12-11-8)7-4-5-13-6(7)2/h4-5H,3H2,1-2H3,(H,10,11,12). The Morgan fingerprint density at radius 3 is 2.92 bits per heavy atom. The number of H-pyrrole nitrogens is 1. The number of rotatable bonds is 2. The summed E-state index contributed by atoms with van der Waals surface area (Å²) in [6, 6.07) is 1.87. The zero-order valence-electron chi connectivity index (χ0n) is 7.66. The molecule has 0 spiro atoms. The van der Waals surface area contributed by atoms with Crippen LogP contribution in [0.5, 0.6) is 0 Å². The number of hydrogen-bond donors (Lipinski definition) is 1. The number of nitrogens with zero attached hydrogens (tertiary/aromatic N) is 2. The van der Waals surface area contributed by atoms with Crippen molar-refractivity contribution >= 4 is 0 Å². The van der Waals surface area contributed by atoms with Crippen LogP contribution in [-0.2, 0) is 6.42 Å². The van der Waals surface area contributed by atoms with E-state index in [2.05, 4.69) is 15.2 Å². The minimum absolute atomic E-state index is 0.711. The van der Waals surface area contributed by atoms with Gasteiger partial charge < -0.3 is 4.42 Å². The van der Waals surface area contributed by atoms with E-state index >= 15 is 0 Å². The molecule has 0 aliphatic carbocycles. The maximum Gasteiger partial charge on any atom is 0.184 e. The SMILES string of the molecule is CCc1nc(-c2ccoc2C)n[nH]1. The fourth-order valence-corrected chi connectivity index (χ4v) is 1.19. The van der Waals surface area contributed by atoms with Crippen LogP contribution in [0.15, 0.2) is 16.7 Å². The van der Waals surface area contributed by atoms with Crippen molar-refractivity contribution in [2.24, 2.45) is 0 Å². The predicted octanol–water partition coefficient (Wildman–Crippen LogP) is 1.94. The lowest BCUT2D eigenvalue weighted by molar-refractivity contribution is 0.535. The van der Waals surface area contributed by atoms with E-state index in [0.29, 0.717) is 5.82 Å². The first-order chi connectivity index (χ1) is 6.31. The average Bonchev–Trinajstić information content (AvgIpc) is 2.71. The van der Waals surface area contributed by atoms with E-state index in [9.17, 15) is 0 Å². The maximum atomic E-state index is 5.17. The van der Waals surface area contributed by atoms with Gasteiger partial charge in [0.05, 0.1) is 11.8 Å². The van der Waals surface area contributed by atoms with Gasteiger partial charge in [-0.05, 0) is 13.0 Å². The Bertz CT molecular complexity index is 402. The first-order valence-electron chi connectivity index (χ1n) is 4.27. The number of hydrogen-bond acceptors (Lipinski definition) is 3. The van der Waals surface area contributed by atoms with Gasteiger partial charge in [0.1, 0.15) is 11.6 Å². The summed E-state index contributed by atoms with van der Waals surface area (Å²) in [6.07, 6.45) is 2.51. The van der Waals surface area contributed by atoms with Crippen LogP contribution in [0.3, 0.4) is 0 Å². The molecule has 0 saturated carbocycles. The molecule has 0 aliphatic rings. The van der Waals surface area contributed by atoms with Gasteiger partial charge in [0, 0.05) is 6.42 Å². The Balaban J connectivity index is 2.41. The molecule has 0 aromatic carbocycles. The van der Waals surface area contributed by atoms with E-state index in [1.807, 2.05) is 19.9 Å². The molecule has 68 valence electrons. The van der Waals surface area contributed by atoms with Crippen LogP contribution >= 0.6 is 0 Å². The summed E-state index contributed by atoms with van der Waals surface area (Å²) in [5.74, 6) is 2.46. The molecule has 2 rings (SSSR count). The van der Waals surface area contributed by atoms with Crippen LogP contribution in [0.4, 0.5) is 0 Å². The first kappa shape index (κ1) is 8.04. The molecule has 4 heteroatoms. The van der Waals surface area contributed by atoms with Gasteiger partial charge in [-0.3, -0.25) is 5.10 Å². The predicted molar refractivity (Wildman–Crippen MR) is 48.2 cm³/mol. The quantitative estimate of drug-likeness (QED) is 0.762. The van der Waals surface area contributed by atoms with Crippen molar-refractivity contribution in [2.75, 3.05) is 0 Å². The fourth-order valence-electron chi connectivity index (χ4n) is 1.19. The highest BCUT2D eigenvalue weighted by atomic mass is 16.3. The van der Waals surface area contributed by atoms with Crippen molar-refractivity contribution in [3.05, 3.63) is 23.9 Å². The van der Waals surface area contributed by atoms with E-state index in [-0.39, 0.29) is 0 Å². The van der Waals surface area contributed by atoms with E-state index < -0.39 is 0 Å². The largest absolute Gasteiger partial charge is 0.469 e. The van der Waals surface area contributed by atoms with Crippen LogP contribution in [0.25, 0.3) is 11.4 Å². The van der Waals surface area contributed by atoms with Gasteiger partial charge in [-0.25, -0.2) is 4.98 Å². The molecule has 13 heavy (non-hydrogen) atoms. The highest BCUT2D eigenvalue weighted by molar-refractivity contribution is 5.56. The van der Waals surface area contributed by atoms with Crippen LogP contribution in [0.2, 0.25) is 0 Å². The van der Waals surface area contributed by atoms with Crippen molar-refractivity contribution in [1.82, 2.24) is 15.2 Å². The summed E-state index contributed by atoms with van der Waals surface area (Å²) in [5, 5.41) is 6.96. The van der Waals surface area contributed by atoms with Gasteiger partial charge in [0.2, 0.25) is 0 Å². The third-order valence-electron chi connectivity index (χ3n) is 1.97. The third kappa shape index (κ3) is 1.35. The minimum Gasteiger partial charge on any atom is -0.469 e. The Hall–Kier alpha value is -1.58. The molecular weight excluding hydrogens is 166 g/mol. The Kier molecular flexibility index (Phi) is 1.88. The lowest BCUT2D eigenvalue weighted by Gasteiger charge is -1.88. The van der Waals surface area contributed by atoms with E-state index in [4.69, 9.17) is 4.42 Å². The maximum absolute atomic E-state index is 5.17. The number of aromatic nitrogens is 3. The Morgan fingerprint density at radius 2 is 2.38 bits per heavy atom. The smallest absolute Gasteiger partial charge is 0.184 e. The van der Waals surface area contributed by atoms with Crippen LogP contribution in [0, 0.1) is 6.92 Å². The number of furan rings is 1. The van der Waals surface area contributed by atoms with E-state index in [1.54, 1.807) is 6.26 Å². The molecule has 4 nitrogen and oxygen atoms in total. The van der Waals surface area contributed by atoms with E-state index in [0.717, 1.165) is 23.6 Å². The lowest BCUT2D eigenvalue weighted by Crippen LogP contribution is -1.82. The molecule has 0 saturated heterocycles. The lowest BCUT2D eigenvalue weighted by atomic mass is 10.2. The molecule has 0 radical (unpaired) electrons. The summed E-state index contributed by atoms with van der Waals surface area (Å²) in [7, 11) is 0. The van der Waals surface area contributed by atoms with E-state index in [1.165, 1.54) is 0 Å². The van der Waals surface area contributed by atoms with Gasteiger partial charge in [-0.2, -0.15) is 5.10 Å². The number of aromatic amines is 1. The summed E-state index contributed by atoms with van der Waals surface area (Å²) in [4.78, 5) is 4.31. The van der Waals surface area contributed by atoms with Crippen LogP contribution in [-0.4, -0.2) is 15.2 Å². The first-order valence-corrected chi connectivity index (χ1v) is 4.27. The molecule has 2 aromatic heterocycles. The molecule has 0 atom stereocenters. The van der Waals surface area contributed by atoms with Gasteiger partial charge >= 0.3 is 0 Å². The second kappa shape index (κ2) is 3.05. The van der Waals surface area contributed by atoms with Crippen molar-refractivity contribution in [3.63, 3.8) is 0 Å². The van der Waals surface area contributed by atoms with Crippen molar-refractivity contribution in [3.8, 4) is 11.4 Å². The summed E-state index contributed by atoms with van der Waals surface area (Å²) < 4.78 is 5.17. The molecular formula is C9H11N3O. The third-order valence-corrected chi connectivity index (χ3v) is 1.97. The highest BCUT2D eigenvalue weighted by Gasteiger charge is 2.09. The van der Waals surface area contributed by atoms with Gasteiger partial charge in [0.25, 0.3) is 0 Å². The summed E-state index contributed by atoms with van der Waals surface area (Å²) in [6.45, 7) is 3.93. The normalized spacial score (nSPS) is 10.6. The summed E-state index contributed by atoms with van der Waals surface area (Å²) in [5.41, 5.74) is 0.955. The average molecular weight is 177 g/mol. The van der Waals surface area contributed by atoms with Crippen LogP contribution < -0.4 is 0 Å². The zero-order chi connectivity index (χ0) is 9.26. The second-order valence-electron chi connectivity index (χ2n) is 2.85. The number of nitrogens with one attached hydrogen (secondary N) is 1.